The Morgan fingerprint density at radius 3 is 2.14 bits per heavy atom. The van der Waals surface area contributed by atoms with Gasteiger partial charge in [-0.2, -0.15) is 0 Å². The van der Waals surface area contributed by atoms with Crippen LogP contribution in [0.2, 0.25) is 0 Å². The first kappa shape index (κ1) is 28.8. The second kappa shape index (κ2) is 17.0. The molecular weight excluding hydrogens is 456 g/mol. The maximum Gasteiger partial charge on any atom is 0.255 e. The number of nitrogens with one attached hydrogen (secondary N) is 2. The third-order valence-corrected chi connectivity index (χ3v) is 6.83. The average Bonchev–Trinajstić information content (AvgIpc) is 2.85. The Balaban J connectivity index is 2.20. The Hall–Kier alpha value is -2.47. The molecule has 2 aromatic rings. The van der Waals surface area contributed by atoms with Crippen LogP contribution in [0.5, 0.6) is 5.75 Å². The van der Waals surface area contributed by atoms with E-state index in [0.29, 0.717) is 29.3 Å². The zero-order valence-electron chi connectivity index (χ0n) is 21.7. The molecule has 5 nitrogen and oxygen atoms in total. The molecule has 0 saturated heterocycles. The Kier molecular flexibility index (Phi) is 14.0. The molecule has 2 amide bonds. The highest BCUT2D eigenvalue weighted by molar-refractivity contribution is 7.99. The Morgan fingerprint density at radius 1 is 0.800 bits per heavy atom. The normalized spacial score (nSPS) is 10.7. The van der Waals surface area contributed by atoms with Crippen molar-refractivity contribution in [3.63, 3.8) is 0 Å². The van der Waals surface area contributed by atoms with E-state index in [2.05, 4.69) is 24.5 Å². The third kappa shape index (κ3) is 11.2. The van der Waals surface area contributed by atoms with Crippen molar-refractivity contribution in [2.75, 3.05) is 23.0 Å². The Bertz CT molecular complexity index is 902. The highest BCUT2D eigenvalue weighted by atomic mass is 32.2. The monoisotopic (exact) mass is 498 g/mol. The molecular formula is C29H42N2O3S. The van der Waals surface area contributed by atoms with Crippen LogP contribution in [-0.4, -0.2) is 24.2 Å². The lowest BCUT2D eigenvalue weighted by Crippen LogP contribution is -2.14. The minimum Gasteiger partial charge on any atom is -0.491 e. The van der Waals surface area contributed by atoms with Crippen LogP contribution in [0, 0.1) is 0 Å². The summed E-state index contributed by atoms with van der Waals surface area (Å²) in [5.74, 6) is 1.24. The SMILES string of the molecule is CCCCCCCCSc1cc(NC(C)=O)c(OCCCCCC)cc1NC(=O)c1ccccc1. The van der Waals surface area contributed by atoms with Gasteiger partial charge < -0.3 is 15.4 Å². The van der Waals surface area contributed by atoms with Gasteiger partial charge in [-0.3, -0.25) is 9.59 Å². The van der Waals surface area contributed by atoms with Crippen LogP contribution in [0.25, 0.3) is 0 Å². The fourth-order valence-electron chi connectivity index (χ4n) is 3.74. The molecule has 0 fully saturated rings. The summed E-state index contributed by atoms with van der Waals surface area (Å²) in [6.45, 7) is 6.48. The molecule has 0 aliphatic heterocycles. The summed E-state index contributed by atoms with van der Waals surface area (Å²) >= 11 is 1.71. The summed E-state index contributed by atoms with van der Waals surface area (Å²) in [4.78, 5) is 25.7. The molecule has 2 aromatic carbocycles. The first-order valence-electron chi connectivity index (χ1n) is 13.1. The lowest BCUT2D eigenvalue weighted by Gasteiger charge is -2.18. The van der Waals surface area contributed by atoms with Crippen molar-refractivity contribution < 1.29 is 14.3 Å². The van der Waals surface area contributed by atoms with Crippen molar-refractivity contribution in [1.29, 1.82) is 0 Å². The molecule has 0 bridgehead atoms. The van der Waals surface area contributed by atoms with Gasteiger partial charge in [-0.1, -0.05) is 83.4 Å². The summed E-state index contributed by atoms with van der Waals surface area (Å²) in [5, 5.41) is 5.99. The van der Waals surface area contributed by atoms with Crippen molar-refractivity contribution in [1.82, 2.24) is 0 Å². The van der Waals surface area contributed by atoms with Gasteiger partial charge >= 0.3 is 0 Å². The van der Waals surface area contributed by atoms with Gasteiger partial charge in [0.2, 0.25) is 5.91 Å². The Morgan fingerprint density at radius 2 is 1.46 bits per heavy atom. The minimum atomic E-state index is -0.159. The lowest BCUT2D eigenvalue weighted by atomic mass is 10.1. The number of anilines is 2. The minimum absolute atomic E-state index is 0.145. The van der Waals surface area contributed by atoms with Gasteiger partial charge in [0, 0.05) is 23.4 Å². The molecule has 0 aliphatic rings. The van der Waals surface area contributed by atoms with Crippen molar-refractivity contribution >= 4 is 35.0 Å². The largest absolute Gasteiger partial charge is 0.491 e. The van der Waals surface area contributed by atoms with E-state index in [-0.39, 0.29) is 11.8 Å². The van der Waals surface area contributed by atoms with Crippen molar-refractivity contribution in [2.24, 2.45) is 0 Å². The average molecular weight is 499 g/mol. The first-order chi connectivity index (χ1) is 17.0. The molecule has 0 aromatic heterocycles. The molecule has 35 heavy (non-hydrogen) atoms. The maximum atomic E-state index is 12.9. The Labute approximate surface area is 215 Å². The molecule has 2 N–H and O–H groups in total. The van der Waals surface area contributed by atoms with E-state index in [1.165, 1.54) is 45.4 Å². The first-order valence-corrected chi connectivity index (χ1v) is 14.1. The number of carbonyl (C=O) groups excluding carboxylic acids is 2. The molecule has 0 spiro atoms. The van der Waals surface area contributed by atoms with E-state index in [0.717, 1.165) is 36.3 Å². The van der Waals surface area contributed by atoms with Crippen LogP contribution in [0.3, 0.4) is 0 Å². The summed E-state index contributed by atoms with van der Waals surface area (Å²) in [7, 11) is 0. The van der Waals surface area contributed by atoms with Gasteiger partial charge in [-0.05, 0) is 36.8 Å². The van der Waals surface area contributed by atoms with Crippen LogP contribution in [-0.2, 0) is 4.79 Å². The van der Waals surface area contributed by atoms with E-state index in [1.807, 2.05) is 30.3 Å². The van der Waals surface area contributed by atoms with Gasteiger partial charge in [0.1, 0.15) is 5.75 Å². The van der Waals surface area contributed by atoms with Crippen molar-refractivity contribution in [2.45, 2.75) is 89.9 Å². The summed E-state index contributed by atoms with van der Waals surface area (Å²) in [6, 6.07) is 13.0. The van der Waals surface area contributed by atoms with E-state index in [1.54, 1.807) is 23.9 Å². The van der Waals surface area contributed by atoms with E-state index >= 15 is 0 Å². The number of hydrogen-bond acceptors (Lipinski definition) is 4. The van der Waals surface area contributed by atoms with Crippen LogP contribution in [0.4, 0.5) is 11.4 Å². The summed E-state index contributed by atoms with van der Waals surface area (Å²) in [6.07, 6.45) is 11.8. The van der Waals surface area contributed by atoms with Crippen LogP contribution in [0.1, 0.15) is 95.3 Å². The fourth-order valence-corrected chi connectivity index (χ4v) is 4.78. The number of rotatable bonds is 17. The maximum absolute atomic E-state index is 12.9. The van der Waals surface area contributed by atoms with E-state index in [4.69, 9.17) is 4.74 Å². The van der Waals surface area contributed by atoms with E-state index < -0.39 is 0 Å². The highest BCUT2D eigenvalue weighted by Crippen LogP contribution is 2.38. The molecule has 6 heteroatoms. The molecule has 0 unspecified atom stereocenters. The van der Waals surface area contributed by atoms with Gasteiger partial charge in [0.25, 0.3) is 5.91 Å². The zero-order chi connectivity index (χ0) is 25.3. The number of benzene rings is 2. The van der Waals surface area contributed by atoms with Gasteiger partial charge in [-0.25, -0.2) is 0 Å². The number of hydrogen-bond donors (Lipinski definition) is 2. The number of ether oxygens (including phenoxy) is 1. The number of carbonyl (C=O) groups is 2. The number of amides is 2. The van der Waals surface area contributed by atoms with Crippen LogP contribution in [0.15, 0.2) is 47.4 Å². The van der Waals surface area contributed by atoms with Gasteiger partial charge in [0.15, 0.2) is 0 Å². The topological polar surface area (TPSA) is 67.4 Å². The number of thioether (sulfide) groups is 1. The molecule has 0 radical (unpaired) electrons. The standard InChI is InChI=1S/C29H42N2O3S/c1-4-6-8-10-11-16-20-35-28-22-25(30-23(3)32)27(34-19-15-9-7-5-2)21-26(28)31-29(33)24-17-13-12-14-18-24/h12-14,17-18,21-22H,4-11,15-16,19-20H2,1-3H3,(H,30,32)(H,31,33). The molecule has 192 valence electrons. The second-order valence-corrected chi connectivity index (χ2v) is 10.0. The molecule has 0 saturated carbocycles. The van der Waals surface area contributed by atoms with Crippen LogP contribution >= 0.6 is 11.8 Å². The quantitative estimate of drug-likeness (QED) is 0.170. The fraction of sp³-hybridized carbons (Fsp3) is 0.517. The van der Waals surface area contributed by atoms with Gasteiger partial charge in [-0.15, -0.1) is 11.8 Å². The van der Waals surface area contributed by atoms with Crippen LogP contribution < -0.4 is 15.4 Å². The van der Waals surface area contributed by atoms with Crippen molar-refractivity contribution in [3.8, 4) is 5.75 Å². The lowest BCUT2D eigenvalue weighted by molar-refractivity contribution is -0.114. The third-order valence-electron chi connectivity index (χ3n) is 5.69. The smallest absolute Gasteiger partial charge is 0.255 e. The highest BCUT2D eigenvalue weighted by Gasteiger charge is 2.16. The molecule has 0 aliphatic carbocycles. The number of unbranched alkanes of at least 4 members (excludes halogenated alkanes) is 8. The predicted molar refractivity (Wildman–Crippen MR) is 149 cm³/mol. The summed E-state index contributed by atoms with van der Waals surface area (Å²) < 4.78 is 6.07. The molecule has 0 atom stereocenters. The van der Waals surface area contributed by atoms with Crippen molar-refractivity contribution in [3.05, 3.63) is 48.0 Å². The van der Waals surface area contributed by atoms with E-state index in [9.17, 15) is 9.59 Å². The second-order valence-electron chi connectivity index (χ2n) is 8.87. The molecule has 2 rings (SSSR count). The van der Waals surface area contributed by atoms with Gasteiger partial charge in [0.05, 0.1) is 18.0 Å². The predicted octanol–water partition coefficient (Wildman–Crippen LogP) is 8.31. The zero-order valence-corrected chi connectivity index (χ0v) is 22.5. The molecule has 0 heterocycles. The summed E-state index contributed by atoms with van der Waals surface area (Å²) in [5.41, 5.74) is 1.97.